The number of carbonyl (C=O) groups is 1. The maximum atomic E-state index is 11.8. The van der Waals surface area contributed by atoms with Gasteiger partial charge in [0.15, 0.2) is 5.17 Å². The molecule has 0 bridgehead atoms. The summed E-state index contributed by atoms with van der Waals surface area (Å²) in [6.07, 6.45) is 0. The van der Waals surface area contributed by atoms with Gasteiger partial charge in [-0.1, -0.05) is 23.9 Å². The number of amides is 2. The summed E-state index contributed by atoms with van der Waals surface area (Å²) >= 11 is 1.61. The first-order chi connectivity index (χ1) is 8.58. The van der Waals surface area contributed by atoms with Gasteiger partial charge in [0.05, 0.1) is 0 Å². The zero-order chi connectivity index (χ0) is 13.1. The Balaban J connectivity index is 2.10. The molecule has 1 heterocycles. The molecule has 2 amide bonds. The van der Waals surface area contributed by atoms with Gasteiger partial charge < -0.3 is 10.2 Å². The van der Waals surface area contributed by atoms with Crippen LogP contribution in [-0.4, -0.2) is 35.4 Å². The smallest absolute Gasteiger partial charge is 0.347 e. The van der Waals surface area contributed by atoms with Gasteiger partial charge in [-0.15, -0.1) is 0 Å². The van der Waals surface area contributed by atoms with Crippen LogP contribution >= 0.6 is 11.8 Å². The number of amidine groups is 1. The van der Waals surface area contributed by atoms with Crippen LogP contribution in [-0.2, 0) is 0 Å². The van der Waals surface area contributed by atoms with E-state index in [9.17, 15) is 4.79 Å². The van der Waals surface area contributed by atoms with Gasteiger partial charge in [-0.25, -0.2) is 4.79 Å². The lowest BCUT2D eigenvalue weighted by atomic mass is 10.1. The minimum atomic E-state index is -0.306. The summed E-state index contributed by atoms with van der Waals surface area (Å²) < 4.78 is 0. The number of aliphatic imine (C=N–C) groups is 1. The van der Waals surface area contributed by atoms with Gasteiger partial charge in [0.25, 0.3) is 0 Å². The number of benzene rings is 1. The second-order valence-corrected chi connectivity index (χ2v) is 5.40. The van der Waals surface area contributed by atoms with Crippen molar-refractivity contribution in [1.29, 1.82) is 0 Å². The minimum Gasteiger partial charge on any atom is -0.353 e. The van der Waals surface area contributed by atoms with E-state index in [2.05, 4.69) is 10.3 Å². The van der Waals surface area contributed by atoms with Gasteiger partial charge in [-0.05, 0) is 31.0 Å². The van der Waals surface area contributed by atoms with Crippen molar-refractivity contribution < 1.29 is 4.79 Å². The third kappa shape index (κ3) is 2.85. The predicted octanol–water partition coefficient (Wildman–Crippen LogP) is 2.87. The van der Waals surface area contributed by atoms with E-state index >= 15 is 0 Å². The third-order valence-corrected chi connectivity index (χ3v) is 4.08. The van der Waals surface area contributed by atoms with Gasteiger partial charge in [-0.3, -0.25) is 0 Å². The van der Waals surface area contributed by atoms with E-state index in [1.807, 2.05) is 44.0 Å². The van der Waals surface area contributed by atoms with Gasteiger partial charge in [0.1, 0.15) is 0 Å². The molecule has 1 aliphatic rings. The summed E-state index contributed by atoms with van der Waals surface area (Å²) in [6, 6.07) is 5.55. The van der Waals surface area contributed by atoms with Crippen LogP contribution in [0.4, 0.5) is 10.5 Å². The van der Waals surface area contributed by atoms with Crippen molar-refractivity contribution in [2.75, 3.05) is 24.7 Å². The number of carbonyl (C=O) groups excluding carboxylic acids is 1. The summed E-state index contributed by atoms with van der Waals surface area (Å²) in [4.78, 5) is 17.9. The third-order valence-electron chi connectivity index (χ3n) is 3.03. The number of nitrogens with zero attached hydrogens (tertiary/aromatic N) is 2. The fraction of sp³-hybridized carbons (Fsp3) is 0.385. The summed E-state index contributed by atoms with van der Waals surface area (Å²) in [6.45, 7) is 4.96. The van der Waals surface area contributed by atoms with Crippen LogP contribution in [0.1, 0.15) is 11.1 Å². The molecular formula is C13H17N3OS. The van der Waals surface area contributed by atoms with Crippen LogP contribution in [0.2, 0.25) is 0 Å². The van der Waals surface area contributed by atoms with Crippen LogP contribution in [0.15, 0.2) is 23.2 Å². The fourth-order valence-corrected chi connectivity index (χ4v) is 2.72. The Bertz CT molecular complexity index is 499. The Morgan fingerprint density at radius 1 is 1.44 bits per heavy atom. The second kappa shape index (κ2) is 5.44. The van der Waals surface area contributed by atoms with E-state index in [4.69, 9.17) is 0 Å². The van der Waals surface area contributed by atoms with E-state index in [1.165, 1.54) is 0 Å². The molecule has 2 rings (SSSR count). The van der Waals surface area contributed by atoms with Crippen molar-refractivity contribution in [3.05, 3.63) is 29.3 Å². The SMILES string of the molecule is Cc1cccc(NC(=O)N=C2SCCN2C)c1C. The standard InChI is InChI=1S/C13H17N3OS/c1-9-5-4-6-11(10(9)2)14-12(17)15-13-16(3)7-8-18-13/h4-6H,7-8H2,1-3H3,(H,14,17). The van der Waals surface area contributed by atoms with Gasteiger partial charge >= 0.3 is 6.03 Å². The molecule has 0 aromatic heterocycles. The van der Waals surface area contributed by atoms with E-state index in [1.54, 1.807) is 11.8 Å². The first-order valence-electron chi connectivity index (χ1n) is 5.88. The Kier molecular flexibility index (Phi) is 3.91. The van der Waals surface area contributed by atoms with Crippen molar-refractivity contribution in [2.45, 2.75) is 13.8 Å². The van der Waals surface area contributed by atoms with Crippen molar-refractivity contribution in [1.82, 2.24) is 4.90 Å². The Labute approximate surface area is 111 Å². The predicted molar refractivity (Wildman–Crippen MR) is 77.5 cm³/mol. The van der Waals surface area contributed by atoms with Gasteiger partial charge in [0.2, 0.25) is 0 Å². The summed E-state index contributed by atoms with van der Waals surface area (Å²) in [5.41, 5.74) is 3.07. The molecular weight excluding hydrogens is 246 g/mol. The first-order valence-corrected chi connectivity index (χ1v) is 6.86. The highest BCUT2D eigenvalue weighted by molar-refractivity contribution is 8.14. The molecule has 1 aromatic carbocycles. The number of anilines is 1. The zero-order valence-corrected chi connectivity index (χ0v) is 11.7. The number of rotatable bonds is 1. The van der Waals surface area contributed by atoms with E-state index in [-0.39, 0.29) is 6.03 Å². The molecule has 1 aromatic rings. The Hall–Kier alpha value is -1.49. The van der Waals surface area contributed by atoms with Crippen molar-refractivity contribution in [3.63, 3.8) is 0 Å². The molecule has 1 N–H and O–H groups in total. The normalized spacial score (nSPS) is 17.3. The summed E-state index contributed by atoms with van der Waals surface area (Å²) in [5, 5.41) is 3.62. The molecule has 0 radical (unpaired) electrons. The quantitative estimate of drug-likeness (QED) is 0.847. The molecule has 1 aliphatic heterocycles. The minimum absolute atomic E-state index is 0.306. The zero-order valence-electron chi connectivity index (χ0n) is 10.9. The highest BCUT2D eigenvalue weighted by Gasteiger charge is 2.16. The number of hydrogen-bond acceptors (Lipinski definition) is 2. The van der Waals surface area contributed by atoms with Gasteiger partial charge in [-0.2, -0.15) is 4.99 Å². The number of nitrogens with one attached hydrogen (secondary N) is 1. The molecule has 0 spiro atoms. The van der Waals surface area contributed by atoms with Crippen LogP contribution in [0.5, 0.6) is 0 Å². The highest BCUT2D eigenvalue weighted by atomic mass is 32.2. The highest BCUT2D eigenvalue weighted by Crippen LogP contribution is 2.19. The largest absolute Gasteiger partial charge is 0.353 e. The van der Waals surface area contributed by atoms with Crippen LogP contribution in [0.25, 0.3) is 0 Å². The summed E-state index contributed by atoms with van der Waals surface area (Å²) in [5.74, 6) is 0.992. The fourth-order valence-electron chi connectivity index (χ4n) is 1.71. The molecule has 18 heavy (non-hydrogen) atoms. The summed E-state index contributed by atoms with van der Waals surface area (Å²) in [7, 11) is 1.95. The number of aryl methyl sites for hydroxylation is 1. The topological polar surface area (TPSA) is 44.7 Å². The molecule has 4 nitrogen and oxygen atoms in total. The monoisotopic (exact) mass is 263 g/mol. The number of thioether (sulfide) groups is 1. The van der Waals surface area contributed by atoms with Gasteiger partial charge in [0, 0.05) is 25.0 Å². The molecule has 1 saturated heterocycles. The lowest BCUT2D eigenvalue weighted by molar-refractivity contribution is 0.259. The molecule has 5 heteroatoms. The van der Waals surface area contributed by atoms with Crippen molar-refractivity contribution in [2.24, 2.45) is 4.99 Å². The maximum absolute atomic E-state index is 11.8. The van der Waals surface area contributed by atoms with Crippen molar-refractivity contribution >= 4 is 28.6 Å². The first kappa shape index (κ1) is 13.0. The molecule has 96 valence electrons. The van der Waals surface area contributed by atoms with Crippen LogP contribution in [0, 0.1) is 13.8 Å². The lowest BCUT2D eigenvalue weighted by Gasteiger charge is -2.11. The lowest BCUT2D eigenvalue weighted by Crippen LogP contribution is -2.21. The average Bonchev–Trinajstić information content (AvgIpc) is 2.71. The number of urea groups is 1. The molecule has 0 saturated carbocycles. The molecule has 1 fully saturated rings. The Morgan fingerprint density at radius 2 is 2.22 bits per heavy atom. The average molecular weight is 263 g/mol. The van der Waals surface area contributed by atoms with E-state index < -0.39 is 0 Å². The Morgan fingerprint density at radius 3 is 2.89 bits per heavy atom. The van der Waals surface area contributed by atoms with E-state index in [0.717, 1.165) is 34.3 Å². The van der Waals surface area contributed by atoms with Crippen molar-refractivity contribution in [3.8, 4) is 0 Å². The second-order valence-electron chi connectivity index (χ2n) is 4.34. The van der Waals surface area contributed by atoms with E-state index in [0.29, 0.717) is 0 Å². The van der Waals surface area contributed by atoms with Crippen LogP contribution in [0.3, 0.4) is 0 Å². The molecule has 0 aliphatic carbocycles. The molecule has 0 unspecified atom stereocenters. The molecule has 0 atom stereocenters. The number of hydrogen-bond donors (Lipinski definition) is 1. The maximum Gasteiger partial charge on any atom is 0.347 e. The van der Waals surface area contributed by atoms with Crippen LogP contribution < -0.4 is 5.32 Å².